The number of hydrogen-bond donors (Lipinski definition) is 3. The molecule has 3 amide bonds. The molecule has 2 aromatic rings. The van der Waals surface area contributed by atoms with Gasteiger partial charge in [-0.15, -0.1) is 0 Å². The van der Waals surface area contributed by atoms with Crippen molar-refractivity contribution in [3.8, 4) is 0 Å². The number of carbonyl (C=O) groups is 2. The van der Waals surface area contributed by atoms with E-state index in [9.17, 15) is 9.59 Å². The molecule has 124 valence electrons. The van der Waals surface area contributed by atoms with Crippen LogP contribution in [0.3, 0.4) is 0 Å². The van der Waals surface area contributed by atoms with Crippen molar-refractivity contribution in [3.63, 3.8) is 0 Å². The van der Waals surface area contributed by atoms with Crippen LogP contribution in [0.1, 0.15) is 29.2 Å². The smallest absolute Gasteiger partial charge is 0.321 e. The van der Waals surface area contributed by atoms with Gasteiger partial charge in [0.25, 0.3) is 5.91 Å². The van der Waals surface area contributed by atoms with Crippen molar-refractivity contribution >= 4 is 17.6 Å². The van der Waals surface area contributed by atoms with Crippen molar-refractivity contribution in [1.82, 2.24) is 10.6 Å². The van der Waals surface area contributed by atoms with Gasteiger partial charge < -0.3 is 10.6 Å². The minimum Gasteiger partial charge on any atom is -0.370 e. The third-order valence-corrected chi connectivity index (χ3v) is 4.27. The summed E-state index contributed by atoms with van der Waals surface area (Å²) in [7, 11) is 1.48. The zero-order valence-corrected chi connectivity index (χ0v) is 13.6. The molecule has 2 aromatic carbocycles. The highest BCUT2D eigenvalue weighted by Crippen LogP contribution is 2.27. The summed E-state index contributed by atoms with van der Waals surface area (Å²) in [5.74, 6) is -0.388. The van der Waals surface area contributed by atoms with Gasteiger partial charge >= 0.3 is 6.03 Å². The molecule has 5 nitrogen and oxygen atoms in total. The van der Waals surface area contributed by atoms with Crippen LogP contribution in [-0.2, 0) is 17.6 Å². The van der Waals surface area contributed by atoms with Crippen LogP contribution in [0.2, 0.25) is 0 Å². The van der Waals surface area contributed by atoms with E-state index in [2.05, 4.69) is 28.1 Å². The van der Waals surface area contributed by atoms with Gasteiger partial charge in [-0.1, -0.05) is 36.4 Å². The lowest BCUT2D eigenvalue weighted by Gasteiger charge is -2.20. The molecule has 3 rings (SSSR count). The third-order valence-electron chi connectivity index (χ3n) is 4.27. The van der Waals surface area contributed by atoms with E-state index in [1.165, 1.54) is 24.6 Å². The molecule has 0 radical (unpaired) electrons. The van der Waals surface area contributed by atoms with Crippen LogP contribution in [0.15, 0.2) is 48.5 Å². The van der Waals surface area contributed by atoms with E-state index in [4.69, 9.17) is 0 Å². The van der Waals surface area contributed by atoms with Crippen molar-refractivity contribution in [2.75, 3.05) is 12.4 Å². The van der Waals surface area contributed by atoms with Crippen LogP contribution in [0.5, 0.6) is 0 Å². The topological polar surface area (TPSA) is 70.2 Å². The Morgan fingerprint density at radius 3 is 2.50 bits per heavy atom. The Bertz CT molecular complexity index is 744. The number of benzene rings is 2. The van der Waals surface area contributed by atoms with Gasteiger partial charge in [0.1, 0.15) is 6.04 Å². The number of fused-ring (bicyclic) bond motifs is 1. The Hall–Kier alpha value is -2.82. The predicted octanol–water partition coefficient (Wildman–Crippen LogP) is 2.78. The Labute approximate surface area is 141 Å². The summed E-state index contributed by atoms with van der Waals surface area (Å²) in [6, 6.07) is 14.4. The second kappa shape index (κ2) is 7.17. The number of imide groups is 1. The predicted molar refractivity (Wildman–Crippen MR) is 93.9 cm³/mol. The lowest BCUT2D eigenvalue weighted by atomic mass is 10.0. The standard InChI is InChI=1S/C19H21N3O2/c1-20-19(24)22-18(23)17(14-6-3-2-4-7-14)21-16-11-10-13-8-5-9-15(13)12-16/h2-4,6-7,10-12,17,21H,5,8-9H2,1H3,(H2,20,22,23,24). The Balaban J connectivity index is 1.84. The van der Waals surface area contributed by atoms with E-state index < -0.39 is 12.1 Å². The molecule has 3 N–H and O–H groups in total. The summed E-state index contributed by atoms with van der Waals surface area (Å²) >= 11 is 0. The SMILES string of the molecule is CNC(=O)NC(=O)C(Nc1ccc2c(c1)CCC2)c1ccccc1. The first-order valence-electron chi connectivity index (χ1n) is 8.13. The fourth-order valence-electron chi connectivity index (χ4n) is 3.02. The van der Waals surface area contributed by atoms with Crippen LogP contribution in [0, 0.1) is 0 Å². The number of anilines is 1. The van der Waals surface area contributed by atoms with Gasteiger partial charge in [-0.2, -0.15) is 0 Å². The molecule has 24 heavy (non-hydrogen) atoms. The van der Waals surface area contributed by atoms with Gasteiger partial charge in [0.2, 0.25) is 0 Å². The average Bonchev–Trinajstić information content (AvgIpc) is 3.08. The minimum absolute atomic E-state index is 0.388. The largest absolute Gasteiger partial charge is 0.370 e. The molecular weight excluding hydrogens is 302 g/mol. The van der Waals surface area contributed by atoms with E-state index in [0.717, 1.165) is 24.1 Å². The van der Waals surface area contributed by atoms with E-state index in [1.54, 1.807) is 0 Å². The van der Waals surface area contributed by atoms with Crippen LogP contribution in [-0.4, -0.2) is 19.0 Å². The monoisotopic (exact) mass is 323 g/mol. The maximum Gasteiger partial charge on any atom is 0.321 e. The maximum atomic E-state index is 12.5. The molecule has 0 spiro atoms. The normalized spacial score (nSPS) is 13.7. The van der Waals surface area contributed by atoms with Crippen LogP contribution >= 0.6 is 0 Å². The minimum atomic E-state index is -0.636. The van der Waals surface area contributed by atoms with Gasteiger partial charge in [0, 0.05) is 12.7 Å². The van der Waals surface area contributed by atoms with Crippen molar-refractivity contribution < 1.29 is 9.59 Å². The number of rotatable bonds is 4. The van der Waals surface area contributed by atoms with Crippen molar-refractivity contribution in [2.45, 2.75) is 25.3 Å². The summed E-state index contributed by atoms with van der Waals surface area (Å²) < 4.78 is 0. The van der Waals surface area contributed by atoms with E-state index in [1.807, 2.05) is 36.4 Å². The van der Waals surface area contributed by atoms with Crippen molar-refractivity contribution in [1.29, 1.82) is 0 Å². The second-order valence-corrected chi connectivity index (χ2v) is 5.89. The Morgan fingerprint density at radius 1 is 1.00 bits per heavy atom. The highest BCUT2D eigenvalue weighted by atomic mass is 16.2. The van der Waals surface area contributed by atoms with Gasteiger partial charge in [-0.05, 0) is 48.1 Å². The Morgan fingerprint density at radius 2 is 1.75 bits per heavy atom. The van der Waals surface area contributed by atoms with E-state index >= 15 is 0 Å². The van der Waals surface area contributed by atoms with Gasteiger partial charge in [0.05, 0.1) is 0 Å². The molecular formula is C19H21N3O2. The van der Waals surface area contributed by atoms with Gasteiger partial charge in [-0.25, -0.2) is 4.79 Å². The molecule has 1 atom stereocenters. The quantitative estimate of drug-likeness (QED) is 0.810. The van der Waals surface area contributed by atoms with Crippen LogP contribution < -0.4 is 16.0 Å². The number of urea groups is 1. The molecule has 5 heteroatoms. The molecule has 0 aromatic heterocycles. The maximum absolute atomic E-state index is 12.5. The molecule has 0 fully saturated rings. The Kier molecular flexibility index (Phi) is 4.79. The number of carbonyl (C=O) groups excluding carboxylic acids is 2. The van der Waals surface area contributed by atoms with E-state index in [0.29, 0.717) is 0 Å². The summed E-state index contributed by atoms with van der Waals surface area (Å²) in [6.45, 7) is 0. The highest BCUT2D eigenvalue weighted by molar-refractivity contribution is 5.98. The molecule has 0 aliphatic heterocycles. The number of aryl methyl sites for hydroxylation is 2. The van der Waals surface area contributed by atoms with Crippen molar-refractivity contribution in [3.05, 3.63) is 65.2 Å². The lowest BCUT2D eigenvalue weighted by Crippen LogP contribution is -2.42. The summed E-state index contributed by atoms with van der Waals surface area (Å²) in [5.41, 5.74) is 4.40. The summed E-state index contributed by atoms with van der Waals surface area (Å²) in [6.07, 6.45) is 3.37. The number of nitrogens with one attached hydrogen (secondary N) is 3. The molecule has 0 bridgehead atoms. The van der Waals surface area contributed by atoms with Gasteiger partial charge in [0.15, 0.2) is 0 Å². The molecule has 1 aliphatic carbocycles. The number of hydrogen-bond acceptors (Lipinski definition) is 3. The summed E-state index contributed by atoms with van der Waals surface area (Å²) in [4.78, 5) is 24.0. The third kappa shape index (κ3) is 3.56. The molecule has 0 heterocycles. The highest BCUT2D eigenvalue weighted by Gasteiger charge is 2.22. The average molecular weight is 323 g/mol. The first-order valence-corrected chi connectivity index (χ1v) is 8.13. The lowest BCUT2D eigenvalue weighted by molar-refractivity contribution is -0.120. The molecule has 1 aliphatic rings. The van der Waals surface area contributed by atoms with Gasteiger partial charge in [-0.3, -0.25) is 10.1 Å². The molecule has 0 saturated carbocycles. The van der Waals surface area contributed by atoms with E-state index in [-0.39, 0.29) is 5.91 Å². The van der Waals surface area contributed by atoms with Crippen LogP contribution in [0.25, 0.3) is 0 Å². The zero-order valence-electron chi connectivity index (χ0n) is 13.6. The molecule has 1 unspecified atom stereocenters. The fourth-order valence-corrected chi connectivity index (χ4v) is 3.02. The molecule has 0 saturated heterocycles. The summed E-state index contributed by atoms with van der Waals surface area (Å²) in [5, 5.41) is 8.01. The first kappa shape index (κ1) is 16.1. The van der Waals surface area contributed by atoms with Crippen LogP contribution in [0.4, 0.5) is 10.5 Å². The zero-order chi connectivity index (χ0) is 16.9. The van der Waals surface area contributed by atoms with Crippen molar-refractivity contribution in [2.24, 2.45) is 0 Å². The first-order chi connectivity index (χ1) is 11.7. The fraction of sp³-hybridized carbons (Fsp3) is 0.263. The second-order valence-electron chi connectivity index (χ2n) is 5.89. The number of amides is 3.